The van der Waals surface area contributed by atoms with Crippen molar-refractivity contribution in [1.82, 2.24) is 0 Å². The number of halogens is 2. The van der Waals surface area contributed by atoms with Crippen molar-refractivity contribution in [2.24, 2.45) is 0 Å². The molecule has 0 heterocycles. The zero-order valence-corrected chi connectivity index (χ0v) is 14.1. The third kappa shape index (κ3) is 49.8. The van der Waals surface area contributed by atoms with Crippen molar-refractivity contribution in [2.75, 3.05) is 0 Å². The average Bonchev–Trinajstić information content (AvgIpc) is 1.99. The van der Waals surface area contributed by atoms with Crippen LogP contribution in [0.4, 0.5) is 0 Å². The van der Waals surface area contributed by atoms with Gasteiger partial charge in [0.25, 0.3) is 0 Å². The van der Waals surface area contributed by atoms with E-state index in [-0.39, 0.29) is 23.1 Å². The Morgan fingerprint density at radius 2 is 0.824 bits per heavy atom. The summed E-state index contributed by atoms with van der Waals surface area (Å²) in [5.74, 6) is -0.750. The number of hydrogen-bond acceptors (Lipinski definition) is 4. The van der Waals surface area contributed by atoms with Crippen LogP contribution >= 0.6 is 19.1 Å². The van der Waals surface area contributed by atoms with E-state index in [4.69, 9.17) is 19.1 Å². The van der Waals surface area contributed by atoms with Gasteiger partial charge in [0.1, 0.15) is 0 Å². The molecule has 0 rings (SSSR count). The number of Topliss-reactive ketones (excluding diaryl/α,β-unsaturated/α-hetero) is 4. The summed E-state index contributed by atoms with van der Waals surface area (Å²) in [4.78, 5) is 39.9. The number of carbonyl (C=O) groups excluding carboxylic acids is 4. The van der Waals surface area contributed by atoms with E-state index in [2.05, 4.69) is 0 Å². The maximum absolute atomic E-state index is 9.98. The summed E-state index contributed by atoms with van der Waals surface area (Å²) >= 11 is -0.722. The minimum absolute atomic E-state index is 0.187. The first-order chi connectivity index (χ1) is 7.67. The standard InChI is InChI=1S/2C5H7O2.2ClH.Re/c2*1-4(6)3-5(2)7;;;/h2*3H,1-2H3;2*1H;/q2*-1;;;+2/p-2. The van der Waals surface area contributed by atoms with Crippen LogP contribution in [0.3, 0.4) is 0 Å². The molecule has 0 fully saturated rings. The number of ketones is 4. The molecule has 0 aliphatic rings. The molecule has 0 amide bonds. The van der Waals surface area contributed by atoms with Crippen LogP contribution < -0.4 is 0 Å². The van der Waals surface area contributed by atoms with Crippen molar-refractivity contribution in [3.05, 3.63) is 12.8 Å². The summed E-state index contributed by atoms with van der Waals surface area (Å²) in [6.45, 7) is 5.39. The van der Waals surface area contributed by atoms with Crippen molar-refractivity contribution < 1.29 is 35.1 Å². The molecular formula is C10H14Cl2O4Re-2. The van der Waals surface area contributed by atoms with Crippen LogP contribution in [-0.4, -0.2) is 23.1 Å². The quantitative estimate of drug-likeness (QED) is 0.481. The van der Waals surface area contributed by atoms with E-state index in [0.717, 1.165) is 12.8 Å². The summed E-state index contributed by atoms with van der Waals surface area (Å²) in [5.41, 5.74) is 0. The Kier molecular flexibility index (Phi) is 20.2. The first-order valence-electron chi connectivity index (χ1n) is 4.26. The van der Waals surface area contributed by atoms with Gasteiger partial charge in [0.15, 0.2) is 0 Å². The van der Waals surface area contributed by atoms with Crippen LogP contribution in [0.1, 0.15) is 27.7 Å². The molecule has 101 valence electrons. The predicted molar refractivity (Wildman–Crippen MR) is 63.0 cm³/mol. The van der Waals surface area contributed by atoms with Gasteiger partial charge < -0.3 is 19.2 Å². The van der Waals surface area contributed by atoms with Gasteiger partial charge in [-0.3, -0.25) is 12.8 Å². The van der Waals surface area contributed by atoms with Crippen LogP contribution in [0.15, 0.2) is 0 Å². The summed E-state index contributed by atoms with van der Waals surface area (Å²) in [5, 5.41) is 0. The molecule has 0 saturated heterocycles. The molecule has 0 aromatic carbocycles. The second kappa shape index (κ2) is 15.7. The van der Waals surface area contributed by atoms with Crippen molar-refractivity contribution in [2.45, 2.75) is 27.7 Å². The molecule has 0 spiro atoms. The van der Waals surface area contributed by atoms with Gasteiger partial charge in [-0.1, -0.05) is 0 Å². The molecule has 0 aromatic rings. The average molecular weight is 455 g/mol. The van der Waals surface area contributed by atoms with E-state index in [9.17, 15) is 19.2 Å². The third-order valence-electron chi connectivity index (χ3n) is 0.813. The zero-order valence-electron chi connectivity index (χ0n) is 9.92. The fraction of sp³-hybridized carbons (Fsp3) is 0.400. The van der Waals surface area contributed by atoms with Crippen LogP contribution in [0.5, 0.6) is 0 Å². The molecular weight excluding hydrogens is 441 g/mol. The van der Waals surface area contributed by atoms with Crippen molar-refractivity contribution >= 4 is 42.2 Å². The van der Waals surface area contributed by atoms with Gasteiger partial charge in [-0.2, -0.15) is 0 Å². The van der Waals surface area contributed by atoms with Crippen molar-refractivity contribution in [1.29, 1.82) is 0 Å². The van der Waals surface area contributed by atoms with Crippen LogP contribution in [0, 0.1) is 12.8 Å². The Bertz CT molecular complexity index is 217. The second-order valence-corrected chi connectivity index (χ2v) is 6.71. The van der Waals surface area contributed by atoms with E-state index in [1.807, 2.05) is 0 Å². The molecule has 0 aliphatic carbocycles. The predicted octanol–water partition coefficient (Wildman–Crippen LogP) is 2.11. The molecule has 17 heavy (non-hydrogen) atoms. The molecule has 0 aliphatic heterocycles. The van der Waals surface area contributed by atoms with Crippen molar-refractivity contribution in [3.8, 4) is 0 Å². The molecule has 0 bridgehead atoms. The molecule has 0 atom stereocenters. The Morgan fingerprint density at radius 1 is 0.706 bits per heavy atom. The van der Waals surface area contributed by atoms with Gasteiger partial charge in [-0.25, -0.2) is 0 Å². The SMILES string of the molecule is CC(=O)[CH-]C(C)=O.CC(=O)[CH-]C(C)=O.[Cl][Re][Cl]. The monoisotopic (exact) mass is 455 g/mol. The van der Waals surface area contributed by atoms with Gasteiger partial charge in [-0.15, -0.1) is 0 Å². The van der Waals surface area contributed by atoms with E-state index >= 15 is 0 Å². The summed E-state index contributed by atoms with van der Waals surface area (Å²) in [7, 11) is 9.83. The molecule has 4 nitrogen and oxygen atoms in total. The van der Waals surface area contributed by atoms with Gasteiger partial charge in [0.05, 0.1) is 0 Å². The molecule has 0 N–H and O–H groups in total. The number of rotatable bonds is 4. The van der Waals surface area contributed by atoms with Gasteiger partial charge in [0, 0.05) is 23.1 Å². The first-order valence-corrected chi connectivity index (χ1v) is 11.0. The molecule has 7 heteroatoms. The topological polar surface area (TPSA) is 68.3 Å². The maximum atomic E-state index is 9.98. The van der Waals surface area contributed by atoms with Gasteiger partial charge in [-0.05, 0) is 27.7 Å². The Labute approximate surface area is 118 Å². The Morgan fingerprint density at radius 3 is 0.824 bits per heavy atom. The minimum atomic E-state index is -0.722. The fourth-order valence-corrected chi connectivity index (χ4v) is 0.572. The van der Waals surface area contributed by atoms with E-state index in [1.54, 1.807) is 0 Å². The molecule has 0 aromatic heterocycles. The zero-order chi connectivity index (χ0) is 14.4. The van der Waals surface area contributed by atoms with Gasteiger partial charge >= 0.3 is 35.0 Å². The van der Waals surface area contributed by atoms with Crippen LogP contribution in [0.25, 0.3) is 0 Å². The Hall–Kier alpha value is -0.338. The van der Waals surface area contributed by atoms with Crippen LogP contribution in [-0.2, 0) is 35.1 Å². The third-order valence-corrected chi connectivity index (χ3v) is 0.813. The van der Waals surface area contributed by atoms with E-state index in [0.29, 0.717) is 0 Å². The number of carbonyl (C=O) groups is 4. The fourth-order valence-electron chi connectivity index (χ4n) is 0.572. The van der Waals surface area contributed by atoms with E-state index < -0.39 is 15.9 Å². The summed E-state index contributed by atoms with van der Waals surface area (Å²) < 4.78 is 0. The summed E-state index contributed by atoms with van der Waals surface area (Å²) in [6.07, 6.45) is 2.11. The molecule has 0 radical (unpaired) electrons. The molecule has 0 unspecified atom stereocenters. The number of hydrogen-bond donors (Lipinski definition) is 0. The van der Waals surface area contributed by atoms with Crippen LogP contribution in [0.2, 0.25) is 0 Å². The van der Waals surface area contributed by atoms with E-state index in [1.165, 1.54) is 27.7 Å². The molecule has 0 saturated carbocycles. The first kappa shape index (κ1) is 21.9. The van der Waals surface area contributed by atoms with Gasteiger partial charge in [0.2, 0.25) is 0 Å². The summed E-state index contributed by atoms with van der Waals surface area (Å²) in [6, 6.07) is 0. The van der Waals surface area contributed by atoms with Crippen molar-refractivity contribution in [3.63, 3.8) is 0 Å². The second-order valence-electron chi connectivity index (χ2n) is 2.79. The normalized spacial score (nSPS) is 7.41. The Balaban J connectivity index is -0.000000188.